The van der Waals surface area contributed by atoms with Crippen molar-refractivity contribution in [3.05, 3.63) is 162 Å². The molecule has 0 bridgehead atoms. The van der Waals surface area contributed by atoms with Crippen LogP contribution in [0.2, 0.25) is 0 Å². The molecule has 1 spiro atoms. The minimum atomic E-state index is -3.87. The molecule has 1 aliphatic carbocycles. The molecule has 0 radical (unpaired) electrons. The maximum atomic E-state index is 14.9. The molecule has 4 heteroatoms. The van der Waals surface area contributed by atoms with E-state index in [1.165, 1.54) is 0 Å². The van der Waals surface area contributed by atoms with Crippen LogP contribution in [0.3, 0.4) is 0 Å². The van der Waals surface area contributed by atoms with Crippen molar-refractivity contribution >= 4 is 31.6 Å². The maximum absolute atomic E-state index is 14.9. The van der Waals surface area contributed by atoms with Crippen LogP contribution in [-0.4, -0.2) is 13.0 Å². The van der Waals surface area contributed by atoms with Crippen LogP contribution in [0.4, 0.5) is 0 Å². The number of nitrogens with zero attached hydrogens (tertiary/aromatic N) is 1. The summed E-state index contributed by atoms with van der Waals surface area (Å²) in [5.41, 5.74) is 8.28. The molecule has 0 N–H and O–H groups in total. The van der Waals surface area contributed by atoms with Gasteiger partial charge in [0.25, 0.3) is 0 Å². The number of fused-ring (bicyclic) bond motifs is 13. The summed E-state index contributed by atoms with van der Waals surface area (Å²) >= 11 is 0. The van der Waals surface area contributed by atoms with Crippen LogP contribution in [0.1, 0.15) is 22.3 Å². The molecule has 41 heavy (non-hydrogen) atoms. The Bertz CT molecular complexity index is 2290. The Morgan fingerprint density at radius 2 is 1.07 bits per heavy atom. The highest BCUT2D eigenvalue weighted by Gasteiger charge is 2.53. The van der Waals surface area contributed by atoms with Gasteiger partial charge in [-0.1, -0.05) is 109 Å². The van der Waals surface area contributed by atoms with Crippen molar-refractivity contribution in [1.82, 2.24) is 4.57 Å². The molecule has 0 saturated carbocycles. The maximum Gasteiger partial charge on any atom is 0.207 e. The van der Waals surface area contributed by atoms with E-state index in [1.54, 1.807) is 6.07 Å². The third-order valence-electron chi connectivity index (χ3n) is 9.01. The van der Waals surface area contributed by atoms with Crippen LogP contribution in [0.5, 0.6) is 0 Å². The highest BCUT2D eigenvalue weighted by atomic mass is 32.2. The zero-order chi connectivity index (χ0) is 27.3. The van der Waals surface area contributed by atoms with Gasteiger partial charge in [0.15, 0.2) is 0 Å². The van der Waals surface area contributed by atoms with Crippen molar-refractivity contribution in [1.29, 1.82) is 0 Å². The fourth-order valence-corrected chi connectivity index (χ4v) is 9.52. The molecule has 7 aromatic rings. The number of rotatable bonds is 1. The monoisotopic (exact) mass is 545 g/mol. The summed E-state index contributed by atoms with van der Waals surface area (Å²) in [4.78, 5) is 0.786. The second-order valence-electron chi connectivity index (χ2n) is 10.9. The normalized spacial score (nSPS) is 15.4. The van der Waals surface area contributed by atoms with Crippen molar-refractivity contribution in [2.75, 3.05) is 0 Å². The van der Waals surface area contributed by atoms with Gasteiger partial charge in [0, 0.05) is 16.5 Å². The molecule has 3 nitrogen and oxygen atoms in total. The molecule has 0 atom stereocenters. The van der Waals surface area contributed by atoms with Gasteiger partial charge >= 0.3 is 0 Å². The Morgan fingerprint density at radius 3 is 1.80 bits per heavy atom. The van der Waals surface area contributed by atoms with E-state index in [0.29, 0.717) is 9.79 Å². The van der Waals surface area contributed by atoms with E-state index in [4.69, 9.17) is 0 Å². The first kappa shape index (κ1) is 22.8. The summed E-state index contributed by atoms with van der Waals surface area (Å²) < 4.78 is 31.9. The van der Waals surface area contributed by atoms with E-state index in [-0.39, 0.29) is 0 Å². The predicted octanol–water partition coefficient (Wildman–Crippen LogP) is 8.29. The number of aromatic nitrogens is 1. The molecule has 0 fully saturated rings. The number of para-hydroxylation sites is 2. The van der Waals surface area contributed by atoms with Crippen molar-refractivity contribution in [3.8, 4) is 16.8 Å². The SMILES string of the molecule is O=S1(=O)c2ccccc2C2(c3ccccc3-c3ccccc32)c2ccc3c(c21)c1ccccc1n3-c1ccccc1. The minimum Gasteiger partial charge on any atom is -0.309 e. The Morgan fingerprint density at radius 1 is 0.488 bits per heavy atom. The summed E-state index contributed by atoms with van der Waals surface area (Å²) in [7, 11) is -3.87. The molecule has 0 saturated heterocycles. The highest BCUT2D eigenvalue weighted by Crippen LogP contribution is 2.61. The summed E-state index contributed by atoms with van der Waals surface area (Å²) in [6, 6.07) is 47.0. The third kappa shape index (κ3) is 2.66. The van der Waals surface area contributed by atoms with Gasteiger partial charge in [-0.2, -0.15) is 0 Å². The second kappa shape index (κ2) is 7.84. The average Bonchev–Trinajstić information content (AvgIpc) is 3.52. The predicted molar refractivity (Wildman–Crippen MR) is 164 cm³/mol. The first-order chi connectivity index (χ1) is 20.1. The summed E-state index contributed by atoms with van der Waals surface area (Å²) in [5, 5.41) is 1.71. The van der Waals surface area contributed by atoms with Gasteiger partial charge in [-0.15, -0.1) is 0 Å². The molecule has 0 amide bonds. The van der Waals surface area contributed by atoms with E-state index >= 15 is 0 Å². The fraction of sp³-hybridized carbons (Fsp3) is 0.0270. The fourth-order valence-electron chi connectivity index (χ4n) is 7.54. The Hall–Kier alpha value is -4.93. The van der Waals surface area contributed by atoms with Gasteiger partial charge in [0.05, 0.1) is 26.2 Å². The molecule has 1 aromatic heterocycles. The van der Waals surface area contributed by atoms with E-state index in [1.807, 2.05) is 48.5 Å². The Balaban J connectivity index is 1.55. The Kier molecular flexibility index (Phi) is 4.37. The second-order valence-corrected chi connectivity index (χ2v) is 12.7. The number of hydrogen-bond acceptors (Lipinski definition) is 2. The number of sulfone groups is 1. The molecule has 0 unspecified atom stereocenters. The van der Waals surface area contributed by atoms with Crippen molar-refractivity contribution in [2.24, 2.45) is 0 Å². The topological polar surface area (TPSA) is 39.1 Å². The smallest absolute Gasteiger partial charge is 0.207 e. The first-order valence-corrected chi connectivity index (χ1v) is 15.3. The van der Waals surface area contributed by atoms with Crippen LogP contribution in [0, 0.1) is 0 Å². The molecule has 9 rings (SSSR count). The molecular formula is C37H23NO2S. The van der Waals surface area contributed by atoms with Gasteiger partial charge in [-0.3, -0.25) is 0 Å². The molecule has 2 aliphatic rings. The van der Waals surface area contributed by atoms with E-state index in [9.17, 15) is 8.42 Å². The molecule has 1 aliphatic heterocycles. The van der Waals surface area contributed by atoms with Crippen molar-refractivity contribution in [2.45, 2.75) is 15.2 Å². The lowest BCUT2D eigenvalue weighted by Gasteiger charge is -2.39. The largest absolute Gasteiger partial charge is 0.309 e. The standard InChI is InChI=1S/C37H23NO2S/c39-41(40)34-21-11-9-19-30(34)37(28-17-7-4-14-25(28)26-15-5-8-18-29(26)37)31-22-23-33-35(36(31)41)27-16-6-10-20-32(27)38(33)24-12-2-1-3-13-24/h1-23H. The Labute approximate surface area is 237 Å². The van der Waals surface area contributed by atoms with Gasteiger partial charge in [0.1, 0.15) is 0 Å². The average molecular weight is 546 g/mol. The number of hydrogen-bond donors (Lipinski definition) is 0. The van der Waals surface area contributed by atoms with E-state index in [2.05, 4.69) is 89.5 Å². The van der Waals surface area contributed by atoms with Crippen molar-refractivity contribution < 1.29 is 8.42 Å². The lowest BCUT2D eigenvalue weighted by atomic mass is 9.67. The molecule has 2 heterocycles. The third-order valence-corrected chi connectivity index (χ3v) is 10.9. The lowest BCUT2D eigenvalue weighted by molar-refractivity contribution is 0.582. The summed E-state index contributed by atoms with van der Waals surface area (Å²) in [6.07, 6.45) is 0. The van der Waals surface area contributed by atoms with Crippen LogP contribution in [0.25, 0.3) is 38.6 Å². The minimum absolute atomic E-state index is 0.378. The van der Waals surface area contributed by atoms with Gasteiger partial charge in [-0.05, 0) is 63.7 Å². The summed E-state index contributed by atoms with van der Waals surface area (Å²) in [6.45, 7) is 0. The number of benzene rings is 6. The van der Waals surface area contributed by atoms with Crippen LogP contribution in [-0.2, 0) is 15.3 Å². The van der Waals surface area contributed by atoms with Crippen LogP contribution >= 0.6 is 0 Å². The zero-order valence-corrected chi connectivity index (χ0v) is 22.8. The van der Waals surface area contributed by atoms with Gasteiger partial charge < -0.3 is 4.57 Å². The van der Waals surface area contributed by atoms with E-state index in [0.717, 1.165) is 60.9 Å². The van der Waals surface area contributed by atoms with Crippen LogP contribution < -0.4 is 0 Å². The quantitative estimate of drug-likeness (QED) is 0.208. The van der Waals surface area contributed by atoms with Gasteiger partial charge in [0.2, 0.25) is 9.84 Å². The summed E-state index contributed by atoms with van der Waals surface area (Å²) in [5.74, 6) is 0. The highest BCUT2D eigenvalue weighted by molar-refractivity contribution is 7.92. The van der Waals surface area contributed by atoms with Crippen LogP contribution in [0.15, 0.2) is 149 Å². The lowest BCUT2D eigenvalue weighted by Crippen LogP contribution is -2.36. The molecular weight excluding hydrogens is 522 g/mol. The molecule has 6 aromatic carbocycles. The zero-order valence-electron chi connectivity index (χ0n) is 22.0. The first-order valence-electron chi connectivity index (χ1n) is 13.8. The van der Waals surface area contributed by atoms with Crippen molar-refractivity contribution in [3.63, 3.8) is 0 Å². The van der Waals surface area contributed by atoms with E-state index < -0.39 is 15.3 Å². The molecule has 194 valence electrons. The van der Waals surface area contributed by atoms with Gasteiger partial charge in [-0.25, -0.2) is 8.42 Å².